The summed E-state index contributed by atoms with van der Waals surface area (Å²) < 4.78 is 13.2. The molecule has 0 saturated carbocycles. The molecular formula is C13H11FN2O2S. The molecule has 19 heavy (non-hydrogen) atoms. The fourth-order valence-electron chi connectivity index (χ4n) is 1.58. The molecule has 2 rings (SSSR count). The Morgan fingerprint density at radius 2 is 2.05 bits per heavy atom. The van der Waals surface area contributed by atoms with E-state index in [0.29, 0.717) is 22.0 Å². The molecular weight excluding hydrogens is 267 g/mol. The van der Waals surface area contributed by atoms with Crippen molar-refractivity contribution < 1.29 is 14.3 Å². The largest absolute Gasteiger partial charge is 0.477 e. The van der Waals surface area contributed by atoms with E-state index in [0.717, 1.165) is 0 Å². The fourth-order valence-corrected chi connectivity index (χ4v) is 1.96. The third-order valence-electron chi connectivity index (χ3n) is 2.56. The molecule has 0 radical (unpaired) electrons. The Morgan fingerprint density at radius 1 is 1.32 bits per heavy atom. The standard InChI is InChI=1S/C13H11FN2O2S/c1-7-5-8(3-4-9(7)14)10-6-11(12(17)18)16-13(15-10)19-2/h3-6H,1-2H3,(H,17,18). The van der Waals surface area contributed by atoms with Crippen molar-refractivity contribution in [3.8, 4) is 11.3 Å². The lowest BCUT2D eigenvalue weighted by atomic mass is 10.1. The van der Waals surface area contributed by atoms with E-state index in [1.54, 1.807) is 25.3 Å². The van der Waals surface area contributed by atoms with E-state index in [1.807, 2.05) is 0 Å². The highest BCUT2D eigenvalue weighted by Crippen LogP contribution is 2.23. The molecule has 0 saturated heterocycles. The smallest absolute Gasteiger partial charge is 0.354 e. The lowest BCUT2D eigenvalue weighted by Gasteiger charge is -2.06. The van der Waals surface area contributed by atoms with Crippen LogP contribution in [-0.2, 0) is 0 Å². The molecule has 0 aliphatic heterocycles. The summed E-state index contributed by atoms with van der Waals surface area (Å²) in [7, 11) is 0. The number of carboxylic acid groups (broad SMARTS) is 1. The quantitative estimate of drug-likeness (QED) is 0.690. The number of rotatable bonds is 3. The van der Waals surface area contributed by atoms with Crippen LogP contribution in [0.3, 0.4) is 0 Å². The van der Waals surface area contributed by atoms with Gasteiger partial charge in [-0.1, -0.05) is 11.8 Å². The van der Waals surface area contributed by atoms with Gasteiger partial charge in [0.05, 0.1) is 5.69 Å². The van der Waals surface area contributed by atoms with Crippen LogP contribution in [0.5, 0.6) is 0 Å². The molecule has 2 aromatic rings. The Labute approximate surface area is 113 Å². The van der Waals surface area contributed by atoms with Crippen molar-refractivity contribution in [3.05, 3.63) is 41.3 Å². The van der Waals surface area contributed by atoms with E-state index in [4.69, 9.17) is 5.11 Å². The molecule has 0 atom stereocenters. The van der Waals surface area contributed by atoms with Crippen molar-refractivity contribution >= 4 is 17.7 Å². The zero-order valence-corrected chi connectivity index (χ0v) is 11.2. The number of aryl methyl sites for hydroxylation is 1. The Balaban J connectivity index is 2.57. The van der Waals surface area contributed by atoms with Crippen LogP contribution in [-0.4, -0.2) is 27.3 Å². The number of benzene rings is 1. The normalized spacial score (nSPS) is 10.5. The van der Waals surface area contributed by atoms with Gasteiger partial charge >= 0.3 is 5.97 Å². The van der Waals surface area contributed by atoms with Crippen LogP contribution in [0.1, 0.15) is 16.1 Å². The molecule has 0 fully saturated rings. The summed E-state index contributed by atoms with van der Waals surface area (Å²) >= 11 is 1.26. The maximum absolute atomic E-state index is 13.2. The summed E-state index contributed by atoms with van der Waals surface area (Å²) in [6, 6.07) is 5.93. The molecule has 1 aromatic carbocycles. The number of hydrogen-bond donors (Lipinski definition) is 1. The van der Waals surface area contributed by atoms with Crippen molar-refractivity contribution in [3.63, 3.8) is 0 Å². The summed E-state index contributed by atoms with van der Waals surface area (Å²) in [6.07, 6.45) is 1.76. The van der Waals surface area contributed by atoms with Gasteiger partial charge in [0, 0.05) is 5.56 Å². The maximum Gasteiger partial charge on any atom is 0.354 e. The van der Waals surface area contributed by atoms with E-state index in [9.17, 15) is 9.18 Å². The second kappa shape index (κ2) is 5.36. The van der Waals surface area contributed by atoms with Gasteiger partial charge in [0.25, 0.3) is 0 Å². The number of halogens is 1. The molecule has 1 aromatic heterocycles. The van der Waals surface area contributed by atoms with Crippen molar-refractivity contribution in [2.75, 3.05) is 6.26 Å². The Hall–Kier alpha value is -1.95. The van der Waals surface area contributed by atoms with Gasteiger partial charge in [0.15, 0.2) is 10.9 Å². The van der Waals surface area contributed by atoms with Crippen LogP contribution >= 0.6 is 11.8 Å². The van der Waals surface area contributed by atoms with Crippen LogP contribution in [0.15, 0.2) is 29.4 Å². The van der Waals surface area contributed by atoms with Crippen LogP contribution in [0.2, 0.25) is 0 Å². The Kier molecular flexibility index (Phi) is 3.80. The van der Waals surface area contributed by atoms with Crippen molar-refractivity contribution in [2.45, 2.75) is 12.1 Å². The summed E-state index contributed by atoms with van der Waals surface area (Å²) in [4.78, 5) is 19.2. The molecule has 0 spiro atoms. The van der Waals surface area contributed by atoms with Gasteiger partial charge in [-0.2, -0.15) is 0 Å². The fraction of sp³-hybridized carbons (Fsp3) is 0.154. The first-order valence-corrected chi connectivity index (χ1v) is 6.66. The lowest BCUT2D eigenvalue weighted by molar-refractivity contribution is 0.0689. The molecule has 0 unspecified atom stereocenters. The van der Waals surface area contributed by atoms with Gasteiger partial charge < -0.3 is 5.11 Å². The minimum absolute atomic E-state index is 0.0728. The second-order valence-corrected chi connectivity index (χ2v) is 4.67. The predicted molar refractivity (Wildman–Crippen MR) is 70.9 cm³/mol. The highest BCUT2D eigenvalue weighted by molar-refractivity contribution is 7.98. The van der Waals surface area contributed by atoms with Gasteiger partial charge in [-0.05, 0) is 43.0 Å². The third-order valence-corrected chi connectivity index (χ3v) is 3.11. The molecule has 6 heteroatoms. The monoisotopic (exact) mass is 278 g/mol. The Bertz CT molecular complexity index is 647. The van der Waals surface area contributed by atoms with E-state index < -0.39 is 5.97 Å². The summed E-state index contributed by atoms with van der Waals surface area (Å²) in [6.45, 7) is 1.65. The number of carbonyl (C=O) groups is 1. The van der Waals surface area contributed by atoms with Gasteiger partial charge in [-0.25, -0.2) is 19.2 Å². The van der Waals surface area contributed by atoms with E-state index in [1.165, 1.54) is 23.9 Å². The summed E-state index contributed by atoms with van der Waals surface area (Å²) in [5.74, 6) is -1.42. The highest BCUT2D eigenvalue weighted by Gasteiger charge is 2.12. The van der Waals surface area contributed by atoms with Crippen molar-refractivity contribution in [1.29, 1.82) is 0 Å². The molecule has 4 nitrogen and oxygen atoms in total. The number of aromatic carboxylic acids is 1. The molecule has 0 aliphatic carbocycles. The summed E-state index contributed by atoms with van der Waals surface area (Å²) in [5.41, 5.74) is 1.55. The lowest BCUT2D eigenvalue weighted by Crippen LogP contribution is -2.03. The van der Waals surface area contributed by atoms with Crippen LogP contribution in [0.4, 0.5) is 4.39 Å². The first kappa shape index (κ1) is 13.5. The van der Waals surface area contributed by atoms with E-state index in [2.05, 4.69) is 9.97 Å². The Morgan fingerprint density at radius 3 is 2.63 bits per heavy atom. The molecule has 98 valence electrons. The molecule has 0 amide bonds. The van der Waals surface area contributed by atoms with Gasteiger partial charge in [0.1, 0.15) is 5.82 Å². The van der Waals surface area contributed by atoms with E-state index in [-0.39, 0.29) is 11.5 Å². The maximum atomic E-state index is 13.2. The number of aromatic nitrogens is 2. The zero-order chi connectivity index (χ0) is 14.0. The first-order chi connectivity index (χ1) is 9.01. The number of carboxylic acids is 1. The first-order valence-electron chi connectivity index (χ1n) is 5.44. The summed E-state index contributed by atoms with van der Waals surface area (Å²) in [5, 5.41) is 9.39. The van der Waals surface area contributed by atoms with Gasteiger partial charge in [-0.3, -0.25) is 0 Å². The average molecular weight is 278 g/mol. The number of nitrogens with zero attached hydrogens (tertiary/aromatic N) is 2. The minimum atomic E-state index is -1.11. The van der Waals surface area contributed by atoms with Gasteiger partial charge in [0.2, 0.25) is 0 Å². The third kappa shape index (κ3) is 2.90. The minimum Gasteiger partial charge on any atom is -0.477 e. The SMILES string of the molecule is CSc1nc(C(=O)O)cc(-c2ccc(F)c(C)c2)n1. The van der Waals surface area contributed by atoms with Gasteiger partial charge in [-0.15, -0.1) is 0 Å². The highest BCUT2D eigenvalue weighted by atomic mass is 32.2. The molecule has 0 aliphatic rings. The van der Waals surface area contributed by atoms with Crippen LogP contribution in [0, 0.1) is 12.7 Å². The zero-order valence-electron chi connectivity index (χ0n) is 10.3. The molecule has 1 N–H and O–H groups in total. The van der Waals surface area contributed by atoms with E-state index >= 15 is 0 Å². The number of thioether (sulfide) groups is 1. The second-order valence-electron chi connectivity index (χ2n) is 3.89. The molecule has 0 bridgehead atoms. The molecule has 1 heterocycles. The van der Waals surface area contributed by atoms with Crippen molar-refractivity contribution in [2.24, 2.45) is 0 Å². The van der Waals surface area contributed by atoms with Crippen LogP contribution < -0.4 is 0 Å². The van der Waals surface area contributed by atoms with Crippen molar-refractivity contribution in [1.82, 2.24) is 9.97 Å². The topological polar surface area (TPSA) is 63.1 Å². The van der Waals surface area contributed by atoms with Crippen LogP contribution in [0.25, 0.3) is 11.3 Å². The number of hydrogen-bond acceptors (Lipinski definition) is 4. The predicted octanol–water partition coefficient (Wildman–Crippen LogP) is 3.01. The average Bonchev–Trinajstić information content (AvgIpc) is 2.41.